The van der Waals surface area contributed by atoms with Crippen LogP contribution in [0.25, 0.3) is 0 Å². The number of hydrogen-bond acceptors (Lipinski definition) is 7. The molecule has 0 N–H and O–H groups in total. The highest BCUT2D eigenvalue weighted by molar-refractivity contribution is 7.12. The molecule has 3 amide bonds. The molecule has 1 aliphatic heterocycles. The van der Waals surface area contributed by atoms with E-state index in [0.29, 0.717) is 22.7 Å². The summed E-state index contributed by atoms with van der Waals surface area (Å²) < 4.78 is 5.32. The van der Waals surface area contributed by atoms with E-state index in [0.717, 1.165) is 10.0 Å². The highest BCUT2D eigenvalue weighted by Gasteiger charge is 2.51. The number of hydrogen-bond donors (Lipinski definition) is 0. The monoisotopic (exact) mass is 582 g/mol. The minimum atomic E-state index is -0.792. The fraction of sp³-hybridized carbons (Fsp3) is 0.179. The highest BCUT2D eigenvalue weighted by Crippen LogP contribution is 2.36. The zero-order valence-electron chi connectivity index (χ0n) is 20.2. The number of ether oxygens (including phenoxy) is 1. The topological polar surface area (TPSA) is 101 Å². The summed E-state index contributed by atoms with van der Waals surface area (Å²) >= 11 is 13.5. The van der Waals surface area contributed by atoms with Crippen LogP contribution in [0, 0.1) is 11.8 Å². The van der Waals surface area contributed by atoms with E-state index in [9.17, 15) is 24.0 Å². The lowest BCUT2D eigenvalue weighted by Gasteiger charge is -2.30. The molecule has 3 aromatic rings. The van der Waals surface area contributed by atoms with Crippen LogP contribution in [0.2, 0.25) is 10.0 Å². The molecule has 0 unspecified atom stereocenters. The summed E-state index contributed by atoms with van der Waals surface area (Å²) in [5.74, 6) is -3.93. The highest BCUT2D eigenvalue weighted by atomic mass is 35.5. The Labute approximate surface area is 237 Å². The molecule has 0 saturated carbocycles. The van der Waals surface area contributed by atoms with Gasteiger partial charge in [-0.15, -0.1) is 11.3 Å². The van der Waals surface area contributed by atoms with Crippen LogP contribution in [0.5, 0.6) is 5.75 Å². The number of fused-ring (bicyclic) bond motifs is 1. The third kappa shape index (κ3) is 5.38. The lowest BCUT2D eigenvalue weighted by Crippen LogP contribution is -2.52. The van der Waals surface area contributed by atoms with Gasteiger partial charge in [0.1, 0.15) is 17.2 Å². The second-order valence-corrected chi connectivity index (χ2v) is 10.7. The van der Waals surface area contributed by atoms with E-state index in [4.69, 9.17) is 27.9 Å². The van der Waals surface area contributed by atoms with Crippen molar-refractivity contribution in [3.8, 4) is 5.75 Å². The van der Waals surface area contributed by atoms with Crippen molar-refractivity contribution < 1.29 is 28.7 Å². The standard InChI is InChI=1S/C28H20Cl2N2O6S/c29-17-9-12-21(22(30)14-17)25(34)31(32-26(35)19-4-1-2-5-20(19)27(32)36)15-23(33)16-7-10-18(11-8-16)38-28(37)24-6-3-13-39-24/h1-3,6-14,19-20H,4-5,15H2/t19-,20-/m1/s1. The first-order valence-electron chi connectivity index (χ1n) is 11.9. The molecular formula is C28H20Cl2N2O6S. The van der Waals surface area contributed by atoms with Crippen LogP contribution in [0.3, 0.4) is 0 Å². The molecule has 0 radical (unpaired) electrons. The minimum Gasteiger partial charge on any atom is -0.422 e. The van der Waals surface area contributed by atoms with E-state index in [1.165, 1.54) is 53.8 Å². The zero-order chi connectivity index (χ0) is 27.7. The number of carbonyl (C=O) groups excluding carboxylic acids is 5. The number of ketones is 1. The molecule has 2 atom stereocenters. The molecule has 1 fully saturated rings. The molecule has 2 aliphatic rings. The molecular weight excluding hydrogens is 563 g/mol. The van der Waals surface area contributed by atoms with E-state index >= 15 is 0 Å². The summed E-state index contributed by atoms with van der Waals surface area (Å²) in [7, 11) is 0. The Morgan fingerprint density at radius 2 is 1.62 bits per heavy atom. The van der Waals surface area contributed by atoms with Gasteiger partial charge >= 0.3 is 5.97 Å². The van der Waals surface area contributed by atoms with Gasteiger partial charge < -0.3 is 4.74 Å². The van der Waals surface area contributed by atoms with Crippen LogP contribution in [0.15, 0.2) is 72.1 Å². The summed E-state index contributed by atoms with van der Waals surface area (Å²) in [5, 5.41) is 3.70. The SMILES string of the molecule is O=C(CN(C(=O)c1ccc(Cl)cc1Cl)N1C(=O)[C@@H]2CC=CC[C@H]2C1=O)c1ccc(OC(=O)c2cccs2)cc1. The van der Waals surface area contributed by atoms with Crippen LogP contribution in [-0.2, 0) is 9.59 Å². The van der Waals surface area contributed by atoms with Gasteiger partial charge in [-0.25, -0.2) is 9.80 Å². The third-order valence-electron chi connectivity index (χ3n) is 6.52. The Hall–Kier alpha value is -3.79. The molecule has 1 saturated heterocycles. The summed E-state index contributed by atoms with van der Waals surface area (Å²) in [6.45, 7) is -0.601. The number of hydrazine groups is 1. The number of Topliss-reactive ketones (excluding diaryl/α,β-unsaturated/α-hetero) is 1. The smallest absolute Gasteiger partial charge is 0.353 e. The first-order chi connectivity index (χ1) is 18.7. The number of thiophene rings is 1. The Balaban J connectivity index is 1.40. The van der Waals surface area contributed by atoms with Gasteiger partial charge in [0.05, 0.1) is 22.4 Å². The second kappa shape index (κ2) is 11.1. The summed E-state index contributed by atoms with van der Waals surface area (Å²) in [5.41, 5.74) is 0.169. The van der Waals surface area contributed by atoms with E-state index in [2.05, 4.69) is 0 Å². The van der Waals surface area contributed by atoms with Crippen molar-refractivity contribution in [1.82, 2.24) is 10.0 Å². The average Bonchev–Trinajstić information content (AvgIpc) is 3.55. The first-order valence-corrected chi connectivity index (χ1v) is 13.6. The number of rotatable bonds is 7. The molecule has 11 heteroatoms. The normalized spacial score (nSPS) is 18.2. The lowest BCUT2D eigenvalue weighted by molar-refractivity contribution is -0.154. The van der Waals surface area contributed by atoms with E-state index < -0.39 is 47.9 Å². The van der Waals surface area contributed by atoms with Gasteiger partial charge in [-0.2, -0.15) is 5.01 Å². The van der Waals surface area contributed by atoms with Crippen LogP contribution in [0.1, 0.15) is 43.2 Å². The first kappa shape index (κ1) is 26.8. The van der Waals surface area contributed by atoms with Crippen LogP contribution in [0.4, 0.5) is 0 Å². The largest absolute Gasteiger partial charge is 0.422 e. The number of carbonyl (C=O) groups is 5. The number of imide groups is 1. The third-order valence-corrected chi connectivity index (χ3v) is 7.92. The molecule has 1 aliphatic carbocycles. The number of benzene rings is 2. The van der Waals surface area contributed by atoms with Crippen molar-refractivity contribution >= 4 is 64.0 Å². The summed E-state index contributed by atoms with van der Waals surface area (Å²) in [6, 6.07) is 13.3. The molecule has 1 aromatic heterocycles. The second-order valence-electron chi connectivity index (χ2n) is 8.95. The Bertz CT molecular complexity index is 1480. The predicted octanol–water partition coefficient (Wildman–Crippen LogP) is 5.47. The van der Waals surface area contributed by atoms with E-state index in [1.807, 2.05) is 12.2 Å². The Morgan fingerprint density at radius 1 is 0.949 bits per heavy atom. The molecule has 2 heterocycles. The minimum absolute atomic E-state index is 0.0139. The van der Waals surface area contributed by atoms with Crippen molar-refractivity contribution in [2.75, 3.05) is 6.54 Å². The van der Waals surface area contributed by atoms with Crippen LogP contribution >= 0.6 is 34.5 Å². The summed E-state index contributed by atoms with van der Waals surface area (Å²) in [4.78, 5) is 66.2. The quantitative estimate of drug-likeness (QED) is 0.120. The van der Waals surface area contributed by atoms with Crippen molar-refractivity contribution in [3.63, 3.8) is 0 Å². The van der Waals surface area contributed by atoms with E-state index in [-0.39, 0.29) is 21.9 Å². The summed E-state index contributed by atoms with van der Waals surface area (Å²) in [6.07, 6.45) is 4.40. The van der Waals surface area contributed by atoms with Gasteiger partial charge in [-0.05, 0) is 66.8 Å². The van der Waals surface area contributed by atoms with Crippen LogP contribution < -0.4 is 4.74 Å². The van der Waals surface area contributed by atoms with Crippen molar-refractivity contribution in [1.29, 1.82) is 0 Å². The average molecular weight is 583 g/mol. The lowest BCUT2D eigenvalue weighted by atomic mass is 9.85. The van der Waals surface area contributed by atoms with Gasteiger partial charge in [0, 0.05) is 10.6 Å². The Kier molecular flexibility index (Phi) is 7.65. The fourth-order valence-electron chi connectivity index (χ4n) is 4.54. The van der Waals surface area contributed by atoms with Gasteiger partial charge in [0.15, 0.2) is 5.78 Å². The molecule has 2 aromatic carbocycles. The zero-order valence-corrected chi connectivity index (χ0v) is 22.5. The molecule has 0 bridgehead atoms. The number of amides is 3. The maximum atomic E-state index is 13.6. The predicted molar refractivity (Wildman–Crippen MR) is 145 cm³/mol. The van der Waals surface area contributed by atoms with Crippen LogP contribution in [-0.4, -0.2) is 46.0 Å². The van der Waals surface area contributed by atoms with E-state index in [1.54, 1.807) is 17.5 Å². The number of esters is 1. The van der Waals surface area contributed by atoms with Gasteiger partial charge in [0.25, 0.3) is 17.7 Å². The maximum absolute atomic E-state index is 13.6. The number of allylic oxidation sites excluding steroid dienone is 2. The molecule has 39 heavy (non-hydrogen) atoms. The van der Waals surface area contributed by atoms with Crippen molar-refractivity contribution in [2.45, 2.75) is 12.8 Å². The van der Waals surface area contributed by atoms with Crippen molar-refractivity contribution in [3.05, 3.63) is 98.2 Å². The molecule has 0 spiro atoms. The maximum Gasteiger partial charge on any atom is 0.353 e. The fourth-order valence-corrected chi connectivity index (χ4v) is 5.63. The van der Waals surface area contributed by atoms with Gasteiger partial charge in [0.2, 0.25) is 0 Å². The molecule has 5 rings (SSSR count). The van der Waals surface area contributed by atoms with Gasteiger partial charge in [-0.3, -0.25) is 19.2 Å². The molecule has 8 nitrogen and oxygen atoms in total. The Morgan fingerprint density at radius 3 is 2.21 bits per heavy atom. The number of nitrogens with zero attached hydrogens (tertiary/aromatic N) is 2. The number of halogens is 2. The van der Waals surface area contributed by atoms with Crippen molar-refractivity contribution in [2.24, 2.45) is 11.8 Å². The molecule has 198 valence electrons. The van der Waals surface area contributed by atoms with Gasteiger partial charge in [-0.1, -0.05) is 41.4 Å².